The summed E-state index contributed by atoms with van der Waals surface area (Å²) in [4.78, 5) is 0. The van der Waals surface area contributed by atoms with Gasteiger partial charge in [-0.1, -0.05) is 75.1 Å². The van der Waals surface area contributed by atoms with E-state index in [-0.39, 0.29) is 6.10 Å². The summed E-state index contributed by atoms with van der Waals surface area (Å²) in [6.07, 6.45) is 12.5. The highest BCUT2D eigenvalue weighted by molar-refractivity contribution is 5.19. The van der Waals surface area contributed by atoms with Gasteiger partial charge in [0.2, 0.25) is 0 Å². The van der Waals surface area contributed by atoms with Gasteiger partial charge in [-0.2, -0.15) is 0 Å². The van der Waals surface area contributed by atoms with Crippen LogP contribution in [0.4, 0.5) is 0 Å². The zero-order chi connectivity index (χ0) is 12.6. The molecule has 2 atom stereocenters. The van der Waals surface area contributed by atoms with Crippen molar-refractivity contribution in [1.29, 1.82) is 0 Å². The average molecular weight is 244 g/mol. The molecule has 0 N–H and O–H groups in total. The quantitative estimate of drug-likeness (QED) is 0.503. The Morgan fingerprint density at radius 2 is 1.94 bits per heavy atom. The lowest BCUT2D eigenvalue weighted by Crippen LogP contribution is -2.18. The van der Waals surface area contributed by atoms with Gasteiger partial charge in [0.15, 0.2) is 0 Å². The maximum Gasteiger partial charge on any atom is 0.0867 e. The molecule has 0 saturated heterocycles. The van der Waals surface area contributed by atoms with E-state index in [1.165, 1.54) is 37.7 Å². The molecule has 0 fully saturated rings. The lowest BCUT2D eigenvalue weighted by molar-refractivity contribution is -0.000158. The van der Waals surface area contributed by atoms with Gasteiger partial charge in [-0.25, -0.2) is 0 Å². The molecule has 1 aromatic carbocycles. The van der Waals surface area contributed by atoms with E-state index < -0.39 is 0 Å². The molecule has 0 aliphatic carbocycles. The Morgan fingerprint density at radius 3 is 2.72 bits per heavy atom. The Hall–Kier alpha value is -1.08. The Bertz CT molecular complexity index is 355. The van der Waals surface area contributed by atoms with Crippen LogP contribution in [0, 0.1) is 0 Å². The average Bonchev–Trinajstić information content (AvgIpc) is 2.45. The van der Waals surface area contributed by atoms with E-state index in [2.05, 4.69) is 49.4 Å². The van der Waals surface area contributed by atoms with E-state index in [1.54, 1.807) is 0 Å². The molecule has 0 amide bonds. The summed E-state index contributed by atoms with van der Waals surface area (Å²) in [5, 5.41) is 0. The van der Waals surface area contributed by atoms with Crippen LogP contribution < -0.4 is 0 Å². The third kappa shape index (κ3) is 3.99. The summed E-state index contributed by atoms with van der Waals surface area (Å²) in [6, 6.07) is 10.6. The van der Waals surface area contributed by atoms with Crippen molar-refractivity contribution in [2.75, 3.05) is 0 Å². The first kappa shape index (κ1) is 13.4. The van der Waals surface area contributed by atoms with Crippen LogP contribution in [0.5, 0.6) is 0 Å². The molecule has 1 unspecified atom stereocenters. The SMILES string of the molecule is CCCCCCC1C=CC[C@H](c2ccccc2)O1. The Morgan fingerprint density at radius 1 is 1.11 bits per heavy atom. The molecule has 1 heterocycles. The van der Waals surface area contributed by atoms with Crippen molar-refractivity contribution >= 4 is 0 Å². The Labute approximate surface area is 111 Å². The second kappa shape index (κ2) is 7.38. The minimum Gasteiger partial charge on any atom is -0.366 e. The standard InChI is InChI=1S/C17H24O/c1-2-3-4-8-12-16-13-9-14-17(18-16)15-10-6-5-7-11-15/h5-7,9-11,13,16-17H,2-4,8,12,14H2,1H3/t16?,17-/m1/s1. The van der Waals surface area contributed by atoms with Crippen LogP contribution >= 0.6 is 0 Å². The monoisotopic (exact) mass is 244 g/mol. The maximum atomic E-state index is 6.17. The van der Waals surface area contributed by atoms with E-state index in [9.17, 15) is 0 Å². The molecule has 0 saturated carbocycles. The van der Waals surface area contributed by atoms with E-state index in [1.807, 2.05) is 0 Å². The van der Waals surface area contributed by atoms with E-state index in [0.717, 1.165) is 6.42 Å². The molecule has 1 heteroatoms. The Kier molecular flexibility index (Phi) is 5.47. The van der Waals surface area contributed by atoms with Crippen molar-refractivity contribution in [3.63, 3.8) is 0 Å². The first-order valence-electron chi connectivity index (χ1n) is 7.27. The van der Waals surface area contributed by atoms with Gasteiger partial charge in [0, 0.05) is 0 Å². The van der Waals surface area contributed by atoms with Gasteiger partial charge in [-0.3, -0.25) is 0 Å². The predicted octanol–water partition coefficient (Wildman–Crippen LogP) is 5.04. The fraction of sp³-hybridized carbons (Fsp3) is 0.529. The number of rotatable bonds is 6. The largest absolute Gasteiger partial charge is 0.366 e. The number of unbranched alkanes of at least 4 members (excludes halogenated alkanes) is 3. The van der Waals surface area contributed by atoms with Crippen molar-refractivity contribution < 1.29 is 4.74 Å². The molecule has 1 aliphatic rings. The molecule has 1 nitrogen and oxygen atoms in total. The molecular formula is C17H24O. The smallest absolute Gasteiger partial charge is 0.0867 e. The summed E-state index contributed by atoms with van der Waals surface area (Å²) >= 11 is 0. The van der Waals surface area contributed by atoms with Gasteiger partial charge in [-0.15, -0.1) is 0 Å². The normalized spacial score (nSPS) is 23.2. The second-order valence-corrected chi connectivity index (χ2v) is 5.09. The van der Waals surface area contributed by atoms with Crippen molar-refractivity contribution in [1.82, 2.24) is 0 Å². The minimum atomic E-state index is 0.257. The van der Waals surface area contributed by atoms with Crippen molar-refractivity contribution in [3.8, 4) is 0 Å². The van der Waals surface area contributed by atoms with Crippen molar-refractivity contribution in [2.45, 2.75) is 57.7 Å². The van der Waals surface area contributed by atoms with Crippen LogP contribution in [-0.2, 0) is 4.74 Å². The third-order valence-electron chi connectivity index (χ3n) is 3.55. The molecule has 0 aromatic heterocycles. The lowest BCUT2D eigenvalue weighted by atomic mass is 10.0. The minimum absolute atomic E-state index is 0.257. The summed E-state index contributed by atoms with van der Waals surface area (Å²) in [5.74, 6) is 0. The molecule has 98 valence electrons. The maximum absolute atomic E-state index is 6.17. The summed E-state index contributed by atoms with van der Waals surface area (Å²) < 4.78 is 6.17. The van der Waals surface area contributed by atoms with Gasteiger partial charge in [-0.05, 0) is 18.4 Å². The molecule has 1 aliphatic heterocycles. The van der Waals surface area contributed by atoms with Gasteiger partial charge in [0.1, 0.15) is 0 Å². The van der Waals surface area contributed by atoms with Crippen molar-refractivity contribution in [3.05, 3.63) is 48.0 Å². The predicted molar refractivity (Wildman–Crippen MR) is 76.6 cm³/mol. The highest BCUT2D eigenvalue weighted by Gasteiger charge is 2.18. The summed E-state index contributed by atoms with van der Waals surface area (Å²) in [6.45, 7) is 2.25. The molecular weight excluding hydrogens is 220 g/mol. The third-order valence-corrected chi connectivity index (χ3v) is 3.55. The van der Waals surface area contributed by atoms with Gasteiger partial charge < -0.3 is 4.74 Å². The van der Waals surface area contributed by atoms with E-state index in [0.29, 0.717) is 6.10 Å². The summed E-state index contributed by atoms with van der Waals surface area (Å²) in [7, 11) is 0. The van der Waals surface area contributed by atoms with Crippen molar-refractivity contribution in [2.24, 2.45) is 0 Å². The van der Waals surface area contributed by atoms with Crippen LogP contribution in [0.15, 0.2) is 42.5 Å². The molecule has 2 rings (SSSR count). The Balaban J connectivity index is 1.81. The van der Waals surface area contributed by atoms with Gasteiger partial charge >= 0.3 is 0 Å². The first-order chi connectivity index (χ1) is 8.90. The van der Waals surface area contributed by atoms with Crippen LogP contribution in [-0.4, -0.2) is 6.10 Å². The fourth-order valence-corrected chi connectivity index (χ4v) is 2.48. The van der Waals surface area contributed by atoms with Crippen LogP contribution in [0.25, 0.3) is 0 Å². The first-order valence-corrected chi connectivity index (χ1v) is 7.27. The van der Waals surface area contributed by atoms with Gasteiger partial charge in [0.05, 0.1) is 12.2 Å². The number of benzene rings is 1. The molecule has 18 heavy (non-hydrogen) atoms. The highest BCUT2D eigenvalue weighted by Crippen LogP contribution is 2.28. The van der Waals surface area contributed by atoms with Crippen LogP contribution in [0.3, 0.4) is 0 Å². The molecule has 0 radical (unpaired) electrons. The molecule has 0 spiro atoms. The van der Waals surface area contributed by atoms with Crippen LogP contribution in [0.2, 0.25) is 0 Å². The second-order valence-electron chi connectivity index (χ2n) is 5.09. The number of hydrogen-bond acceptors (Lipinski definition) is 1. The topological polar surface area (TPSA) is 9.23 Å². The fourth-order valence-electron chi connectivity index (χ4n) is 2.48. The number of hydrogen-bond donors (Lipinski definition) is 0. The van der Waals surface area contributed by atoms with E-state index >= 15 is 0 Å². The highest BCUT2D eigenvalue weighted by atomic mass is 16.5. The number of ether oxygens (including phenoxy) is 1. The van der Waals surface area contributed by atoms with E-state index in [4.69, 9.17) is 4.74 Å². The molecule has 0 bridgehead atoms. The summed E-state index contributed by atoms with van der Waals surface area (Å²) in [5.41, 5.74) is 1.31. The zero-order valence-corrected chi connectivity index (χ0v) is 11.3. The van der Waals surface area contributed by atoms with Gasteiger partial charge in [0.25, 0.3) is 0 Å². The van der Waals surface area contributed by atoms with Crippen LogP contribution in [0.1, 0.15) is 57.1 Å². The molecule has 1 aromatic rings. The lowest BCUT2D eigenvalue weighted by Gasteiger charge is -2.26. The zero-order valence-electron chi connectivity index (χ0n) is 11.3.